The number of benzene rings is 1. The van der Waals surface area contributed by atoms with Gasteiger partial charge in [-0.25, -0.2) is 4.98 Å². The van der Waals surface area contributed by atoms with Gasteiger partial charge < -0.3 is 15.1 Å². The van der Waals surface area contributed by atoms with Crippen LogP contribution in [0.1, 0.15) is 23.8 Å². The van der Waals surface area contributed by atoms with Crippen LogP contribution < -0.4 is 10.2 Å². The first-order chi connectivity index (χ1) is 12.1. The molecule has 0 spiro atoms. The van der Waals surface area contributed by atoms with E-state index in [2.05, 4.69) is 23.5 Å². The zero-order valence-electron chi connectivity index (χ0n) is 14.7. The number of hydrogen-bond donors (Lipinski definition) is 2. The van der Waals surface area contributed by atoms with Crippen LogP contribution in [0.25, 0.3) is 10.2 Å². The number of carbonyl (C=O) groups excluding carboxylic acids is 2. The Hall–Kier alpha value is -1.99. The van der Waals surface area contributed by atoms with E-state index in [1.54, 1.807) is 25.4 Å². The number of hydrogen-bond acceptors (Lipinski definition) is 4. The van der Waals surface area contributed by atoms with Gasteiger partial charge in [0.15, 0.2) is 6.54 Å². The molecule has 6 nitrogen and oxygen atoms in total. The van der Waals surface area contributed by atoms with Gasteiger partial charge in [0, 0.05) is 32.9 Å². The number of nitrogens with zero attached hydrogens (tertiary/aromatic N) is 2. The van der Waals surface area contributed by atoms with Crippen LogP contribution in [0.3, 0.4) is 0 Å². The van der Waals surface area contributed by atoms with E-state index in [0.29, 0.717) is 12.5 Å². The number of likely N-dealkylation sites (N-methyl/N-ethyl adjacent to an activating group) is 2. The Bertz CT molecular complexity index is 719. The van der Waals surface area contributed by atoms with Gasteiger partial charge in [-0.05, 0) is 12.1 Å². The summed E-state index contributed by atoms with van der Waals surface area (Å²) in [6.45, 7) is 2.53. The molecule has 2 heterocycles. The molecule has 0 unspecified atom stereocenters. The highest BCUT2D eigenvalue weighted by molar-refractivity contribution is 7.18. The number of rotatable bonds is 5. The largest absolute Gasteiger partial charge is 0.358 e. The third-order valence-corrected chi connectivity index (χ3v) is 6.04. The molecule has 1 fully saturated rings. The number of quaternary nitrogens is 1. The average molecular weight is 361 g/mol. The van der Waals surface area contributed by atoms with Gasteiger partial charge in [0.25, 0.3) is 5.91 Å². The van der Waals surface area contributed by atoms with Gasteiger partial charge >= 0.3 is 0 Å². The van der Waals surface area contributed by atoms with Crippen LogP contribution in [0.5, 0.6) is 0 Å². The van der Waals surface area contributed by atoms with Crippen LogP contribution in [0.4, 0.5) is 0 Å². The molecule has 0 atom stereocenters. The highest BCUT2D eigenvalue weighted by Crippen LogP contribution is 2.31. The molecule has 0 aliphatic carbocycles. The first-order valence-electron chi connectivity index (χ1n) is 8.70. The lowest BCUT2D eigenvalue weighted by Gasteiger charge is -2.29. The molecule has 1 saturated heterocycles. The maximum Gasteiger partial charge on any atom is 0.277 e. The van der Waals surface area contributed by atoms with Gasteiger partial charge in [-0.15, -0.1) is 11.3 Å². The van der Waals surface area contributed by atoms with Crippen LogP contribution in [0.2, 0.25) is 0 Å². The molecule has 1 aromatic carbocycles. The fraction of sp³-hybridized carbons (Fsp3) is 0.500. The van der Waals surface area contributed by atoms with E-state index in [-0.39, 0.29) is 18.4 Å². The third kappa shape index (κ3) is 4.35. The number of piperidine rings is 1. The predicted molar refractivity (Wildman–Crippen MR) is 98.9 cm³/mol. The molecule has 1 aliphatic rings. The molecule has 1 aromatic heterocycles. The summed E-state index contributed by atoms with van der Waals surface area (Å²) in [4.78, 5) is 31.2. The summed E-state index contributed by atoms with van der Waals surface area (Å²) in [5.41, 5.74) is 1.09. The lowest BCUT2D eigenvalue weighted by molar-refractivity contribution is -0.897. The number of thiazole rings is 1. The second kappa shape index (κ2) is 7.93. The topological polar surface area (TPSA) is 66.7 Å². The van der Waals surface area contributed by atoms with Gasteiger partial charge in [-0.3, -0.25) is 9.59 Å². The van der Waals surface area contributed by atoms with Gasteiger partial charge in [-0.2, -0.15) is 0 Å². The Morgan fingerprint density at radius 2 is 2.04 bits per heavy atom. The number of carbonyl (C=O) groups is 2. The van der Waals surface area contributed by atoms with E-state index >= 15 is 0 Å². The van der Waals surface area contributed by atoms with Crippen molar-refractivity contribution in [2.75, 3.05) is 40.3 Å². The molecule has 0 radical (unpaired) electrons. The molecule has 0 bridgehead atoms. The quantitative estimate of drug-likeness (QED) is 0.803. The van der Waals surface area contributed by atoms with E-state index in [1.165, 1.54) is 19.5 Å². The van der Waals surface area contributed by atoms with Crippen molar-refractivity contribution in [1.82, 2.24) is 15.2 Å². The van der Waals surface area contributed by atoms with Crippen LogP contribution in [0.15, 0.2) is 24.3 Å². The predicted octanol–water partition coefficient (Wildman–Crippen LogP) is 0.263. The van der Waals surface area contributed by atoms with E-state index in [1.807, 2.05) is 6.07 Å². The van der Waals surface area contributed by atoms with E-state index < -0.39 is 0 Å². The van der Waals surface area contributed by atoms with Crippen molar-refractivity contribution >= 4 is 33.4 Å². The lowest BCUT2D eigenvalue weighted by Crippen LogP contribution is -3.14. The van der Waals surface area contributed by atoms with Gasteiger partial charge in [0.1, 0.15) is 0 Å². The van der Waals surface area contributed by atoms with E-state index in [0.717, 1.165) is 31.4 Å². The maximum atomic E-state index is 12.2. The zero-order valence-corrected chi connectivity index (χ0v) is 15.6. The average Bonchev–Trinajstić information content (AvgIpc) is 3.06. The Morgan fingerprint density at radius 1 is 1.32 bits per heavy atom. The lowest BCUT2D eigenvalue weighted by atomic mass is 9.97. The molecule has 25 heavy (non-hydrogen) atoms. The fourth-order valence-corrected chi connectivity index (χ4v) is 4.38. The van der Waals surface area contributed by atoms with Crippen molar-refractivity contribution in [2.24, 2.45) is 0 Å². The van der Waals surface area contributed by atoms with Crippen LogP contribution in [-0.2, 0) is 9.59 Å². The van der Waals surface area contributed by atoms with E-state index in [4.69, 9.17) is 4.98 Å². The van der Waals surface area contributed by atoms with Gasteiger partial charge in [0.2, 0.25) is 5.91 Å². The standard InChI is InChI=1S/C18H24N4O2S/c1-19-16(23)11-21(2)17(24)12-22-9-7-13(8-10-22)18-20-14-5-3-4-6-15(14)25-18/h3-6,13H,7-12H2,1-2H3,(H,19,23)/p+1. The molecular formula is C18H25N4O2S+. The number of para-hydroxylation sites is 1. The second-order valence-corrected chi connectivity index (χ2v) is 7.71. The second-order valence-electron chi connectivity index (χ2n) is 6.64. The summed E-state index contributed by atoms with van der Waals surface area (Å²) in [5, 5.41) is 3.77. The maximum absolute atomic E-state index is 12.2. The third-order valence-electron chi connectivity index (χ3n) is 4.84. The van der Waals surface area contributed by atoms with Crippen molar-refractivity contribution in [2.45, 2.75) is 18.8 Å². The Labute approximate surface area is 151 Å². The molecule has 134 valence electrons. The first-order valence-corrected chi connectivity index (χ1v) is 9.52. The normalized spacial score (nSPS) is 20.4. The number of fused-ring (bicyclic) bond motifs is 1. The summed E-state index contributed by atoms with van der Waals surface area (Å²) in [5.74, 6) is 0.386. The van der Waals surface area contributed by atoms with Crippen LogP contribution in [0, 0.1) is 0 Å². The molecule has 1 aliphatic heterocycles. The number of nitrogens with one attached hydrogen (secondary N) is 2. The van der Waals surface area contributed by atoms with Crippen molar-refractivity contribution in [3.8, 4) is 0 Å². The summed E-state index contributed by atoms with van der Waals surface area (Å²) < 4.78 is 1.25. The van der Waals surface area contributed by atoms with Crippen molar-refractivity contribution in [3.05, 3.63) is 29.3 Å². The number of amides is 2. The molecule has 2 aromatic rings. The Kier molecular flexibility index (Phi) is 5.65. The summed E-state index contributed by atoms with van der Waals surface area (Å²) in [6, 6.07) is 8.27. The minimum atomic E-state index is -0.139. The summed E-state index contributed by atoms with van der Waals surface area (Å²) in [6.07, 6.45) is 2.11. The molecular weight excluding hydrogens is 336 g/mol. The first kappa shape index (κ1) is 17.8. The molecule has 2 N–H and O–H groups in total. The van der Waals surface area contributed by atoms with Crippen molar-refractivity contribution < 1.29 is 14.5 Å². The van der Waals surface area contributed by atoms with Gasteiger partial charge in [0.05, 0.1) is 34.9 Å². The molecule has 2 amide bonds. The highest BCUT2D eigenvalue weighted by atomic mass is 32.1. The van der Waals surface area contributed by atoms with Gasteiger partial charge in [-0.1, -0.05) is 12.1 Å². The summed E-state index contributed by atoms with van der Waals surface area (Å²) in [7, 11) is 3.27. The Balaban J connectivity index is 1.51. The minimum Gasteiger partial charge on any atom is -0.358 e. The smallest absolute Gasteiger partial charge is 0.277 e. The zero-order chi connectivity index (χ0) is 17.8. The summed E-state index contributed by atoms with van der Waals surface area (Å²) >= 11 is 1.79. The van der Waals surface area contributed by atoms with Crippen molar-refractivity contribution in [1.29, 1.82) is 0 Å². The molecule has 7 heteroatoms. The monoisotopic (exact) mass is 361 g/mol. The van der Waals surface area contributed by atoms with Crippen LogP contribution >= 0.6 is 11.3 Å². The SMILES string of the molecule is CNC(=O)CN(C)C(=O)C[NH+]1CCC(c2nc3ccccc3s2)CC1. The number of aromatic nitrogens is 1. The fourth-order valence-electron chi connectivity index (χ4n) is 3.25. The van der Waals surface area contributed by atoms with Crippen molar-refractivity contribution in [3.63, 3.8) is 0 Å². The highest BCUT2D eigenvalue weighted by Gasteiger charge is 2.28. The van der Waals surface area contributed by atoms with E-state index in [9.17, 15) is 9.59 Å². The minimum absolute atomic E-state index is 0.0250. The van der Waals surface area contributed by atoms with Crippen LogP contribution in [-0.4, -0.2) is 62.0 Å². The number of likely N-dealkylation sites (tertiary alicyclic amines) is 1. The Morgan fingerprint density at radius 3 is 2.72 bits per heavy atom. The molecule has 3 rings (SSSR count). The molecule has 0 saturated carbocycles.